The molecule has 1 saturated heterocycles. The lowest BCUT2D eigenvalue weighted by Crippen LogP contribution is -2.46. The predicted octanol–water partition coefficient (Wildman–Crippen LogP) is 3.43. The van der Waals surface area contributed by atoms with Gasteiger partial charge in [0.1, 0.15) is 18.5 Å². The molecule has 0 radical (unpaired) electrons. The molecule has 3 rings (SSSR count). The van der Waals surface area contributed by atoms with E-state index in [1.54, 1.807) is 0 Å². The lowest BCUT2D eigenvalue weighted by Gasteiger charge is -2.39. The molecular formula is C21H24F3NO3. The normalized spacial score (nSPS) is 18.6. The van der Waals surface area contributed by atoms with E-state index >= 15 is 0 Å². The van der Waals surface area contributed by atoms with E-state index < -0.39 is 23.4 Å². The number of aliphatic hydroxyl groups excluding tert-OH is 1. The van der Waals surface area contributed by atoms with Crippen LogP contribution in [0.2, 0.25) is 0 Å². The van der Waals surface area contributed by atoms with E-state index in [1.807, 2.05) is 30.3 Å². The maximum absolute atomic E-state index is 12.6. The second-order valence-electron chi connectivity index (χ2n) is 7.19. The van der Waals surface area contributed by atoms with Crippen LogP contribution in [0.3, 0.4) is 0 Å². The maximum Gasteiger partial charge on any atom is 0.416 e. The molecule has 0 amide bonds. The molecule has 0 bridgehead atoms. The van der Waals surface area contributed by atoms with E-state index in [0.717, 1.165) is 17.7 Å². The molecule has 1 atom stereocenters. The third kappa shape index (κ3) is 5.25. The van der Waals surface area contributed by atoms with Crippen molar-refractivity contribution in [2.75, 3.05) is 26.2 Å². The zero-order valence-electron chi connectivity index (χ0n) is 15.4. The third-order valence-corrected chi connectivity index (χ3v) is 5.09. The van der Waals surface area contributed by atoms with Gasteiger partial charge in [-0.3, -0.25) is 0 Å². The van der Waals surface area contributed by atoms with E-state index in [4.69, 9.17) is 4.74 Å². The molecule has 2 N–H and O–H groups in total. The first kappa shape index (κ1) is 20.6. The van der Waals surface area contributed by atoms with Gasteiger partial charge in [-0.05, 0) is 42.7 Å². The minimum absolute atomic E-state index is 0.00911. The van der Waals surface area contributed by atoms with Crippen LogP contribution in [0.4, 0.5) is 13.2 Å². The molecule has 2 aromatic carbocycles. The smallest absolute Gasteiger partial charge is 0.416 e. The maximum atomic E-state index is 12.6. The van der Waals surface area contributed by atoms with Gasteiger partial charge < -0.3 is 19.8 Å². The Kier molecular flexibility index (Phi) is 6.27. The van der Waals surface area contributed by atoms with Crippen molar-refractivity contribution in [2.24, 2.45) is 0 Å². The van der Waals surface area contributed by atoms with Crippen molar-refractivity contribution in [2.45, 2.75) is 30.7 Å². The summed E-state index contributed by atoms with van der Waals surface area (Å²) in [7, 11) is 0. The Hall–Kier alpha value is -2.09. The summed E-state index contributed by atoms with van der Waals surface area (Å²) in [5.74, 6) is 0.282. The molecule has 0 aliphatic carbocycles. The number of β-amino-alcohol motifs (C(OH)–C–C–N with tert-alkyl or cyclic N) is 1. The van der Waals surface area contributed by atoms with Crippen molar-refractivity contribution < 1.29 is 28.1 Å². The van der Waals surface area contributed by atoms with Crippen molar-refractivity contribution in [1.29, 1.82) is 0 Å². The molecule has 4 nitrogen and oxygen atoms in total. The number of rotatable bonds is 6. The van der Waals surface area contributed by atoms with Crippen LogP contribution in [0.15, 0.2) is 54.6 Å². The van der Waals surface area contributed by atoms with Crippen LogP contribution < -0.4 is 4.74 Å². The Morgan fingerprint density at radius 3 is 2.18 bits per heavy atom. The highest BCUT2D eigenvalue weighted by molar-refractivity contribution is 5.29. The van der Waals surface area contributed by atoms with Gasteiger partial charge in [-0.2, -0.15) is 13.2 Å². The number of hydrogen-bond acceptors (Lipinski definition) is 4. The largest absolute Gasteiger partial charge is 0.491 e. The minimum Gasteiger partial charge on any atom is -0.491 e. The molecule has 1 aliphatic heterocycles. The van der Waals surface area contributed by atoms with E-state index in [0.29, 0.717) is 32.5 Å². The lowest BCUT2D eigenvalue weighted by atomic mass is 9.84. The van der Waals surface area contributed by atoms with Crippen molar-refractivity contribution in [3.05, 3.63) is 65.7 Å². The Morgan fingerprint density at radius 2 is 1.61 bits per heavy atom. The monoisotopic (exact) mass is 395 g/mol. The van der Waals surface area contributed by atoms with Gasteiger partial charge in [0.2, 0.25) is 0 Å². The summed E-state index contributed by atoms with van der Waals surface area (Å²) in [6.45, 7) is 1.65. The fourth-order valence-corrected chi connectivity index (χ4v) is 3.43. The average molecular weight is 395 g/mol. The van der Waals surface area contributed by atoms with Gasteiger partial charge in [0.05, 0.1) is 11.2 Å². The van der Waals surface area contributed by atoms with Crippen LogP contribution in [0.1, 0.15) is 24.0 Å². The standard InChI is InChI=1S/C21H24F3NO3/c22-21(23,24)17-6-8-19(9-7-17)28-15-18(26)14-25-12-10-20(27,11-13-25)16-4-2-1-3-5-16/h1-9,18,26-27H,10-15H2/t18-/m0/s1. The van der Waals surface area contributed by atoms with Gasteiger partial charge in [-0.1, -0.05) is 30.3 Å². The van der Waals surface area contributed by atoms with Gasteiger partial charge in [0.15, 0.2) is 0 Å². The minimum atomic E-state index is -4.38. The van der Waals surface area contributed by atoms with Crippen LogP contribution in [-0.2, 0) is 11.8 Å². The zero-order chi connectivity index (χ0) is 20.2. The molecule has 1 fully saturated rings. The summed E-state index contributed by atoms with van der Waals surface area (Å²) in [6.07, 6.45) is -4.01. The molecule has 0 spiro atoms. The van der Waals surface area contributed by atoms with Gasteiger partial charge >= 0.3 is 6.18 Å². The molecule has 0 aromatic heterocycles. The summed E-state index contributed by atoms with van der Waals surface area (Å²) in [4.78, 5) is 2.05. The zero-order valence-corrected chi connectivity index (χ0v) is 15.4. The van der Waals surface area contributed by atoms with Crippen molar-refractivity contribution in [3.8, 4) is 5.75 Å². The quantitative estimate of drug-likeness (QED) is 0.787. The summed E-state index contributed by atoms with van der Waals surface area (Å²) in [6, 6.07) is 14.0. The summed E-state index contributed by atoms with van der Waals surface area (Å²) in [5.41, 5.74) is -0.681. The van der Waals surface area contributed by atoms with Gasteiger partial charge in [-0.15, -0.1) is 0 Å². The highest BCUT2D eigenvalue weighted by Gasteiger charge is 2.34. The molecular weight excluding hydrogens is 371 g/mol. The second-order valence-corrected chi connectivity index (χ2v) is 7.19. The average Bonchev–Trinajstić information content (AvgIpc) is 2.69. The molecule has 2 aromatic rings. The molecule has 0 saturated carbocycles. The number of hydrogen-bond donors (Lipinski definition) is 2. The summed E-state index contributed by atoms with van der Waals surface area (Å²) >= 11 is 0. The van der Waals surface area contributed by atoms with E-state index in [9.17, 15) is 23.4 Å². The predicted molar refractivity (Wildman–Crippen MR) is 99.0 cm³/mol. The van der Waals surface area contributed by atoms with Gasteiger partial charge in [-0.25, -0.2) is 0 Å². The van der Waals surface area contributed by atoms with E-state index in [-0.39, 0.29) is 12.4 Å². The van der Waals surface area contributed by atoms with Gasteiger partial charge in [0, 0.05) is 19.6 Å². The molecule has 7 heteroatoms. The van der Waals surface area contributed by atoms with Crippen LogP contribution in [0.5, 0.6) is 5.75 Å². The number of aliphatic hydroxyl groups is 2. The highest BCUT2D eigenvalue weighted by Crippen LogP contribution is 2.33. The van der Waals surface area contributed by atoms with Crippen LogP contribution in [0, 0.1) is 0 Å². The number of nitrogens with zero attached hydrogens (tertiary/aromatic N) is 1. The van der Waals surface area contributed by atoms with Crippen LogP contribution in [-0.4, -0.2) is 47.5 Å². The van der Waals surface area contributed by atoms with Crippen LogP contribution >= 0.6 is 0 Å². The fourth-order valence-electron chi connectivity index (χ4n) is 3.43. The van der Waals surface area contributed by atoms with Crippen LogP contribution in [0.25, 0.3) is 0 Å². The Balaban J connectivity index is 1.44. The Labute approximate surface area is 162 Å². The number of ether oxygens (including phenoxy) is 1. The molecule has 0 unspecified atom stereocenters. The topological polar surface area (TPSA) is 52.9 Å². The molecule has 1 heterocycles. The Morgan fingerprint density at radius 1 is 1.00 bits per heavy atom. The SMILES string of the molecule is O[C@H](COc1ccc(C(F)(F)F)cc1)CN1CCC(O)(c2ccccc2)CC1. The van der Waals surface area contributed by atoms with Crippen molar-refractivity contribution in [1.82, 2.24) is 4.90 Å². The number of benzene rings is 2. The third-order valence-electron chi connectivity index (χ3n) is 5.09. The first-order valence-electron chi connectivity index (χ1n) is 9.25. The van der Waals surface area contributed by atoms with Crippen molar-refractivity contribution >= 4 is 0 Å². The number of likely N-dealkylation sites (tertiary alicyclic amines) is 1. The van der Waals surface area contributed by atoms with E-state index in [1.165, 1.54) is 12.1 Å². The van der Waals surface area contributed by atoms with Gasteiger partial charge in [0.25, 0.3) is 0 Å². The second kappa shape index (κ2) is 8.51. The Bertz CT molecular complexity index is 742. The molecule has 1 aliphatic rings. The molecule has 152 valence electrons. The fraction of sp³-hybridized carbons (Fsp3) is 0.429. The number of piperidine rings is 1. The number of halogens is 3. The summed E-state index contributed by atoms with van der Waals surface area (Å²) in [5, 5.41) is 21.0. The van der Waals surface area contributed by atoms with E-state index in [2.05, 4.69) is 4.90 Å². The molecule has 28 heavy (non-hydrogen) atoms. The first-order chi connectivity index (χ1) is 13.3. The lowest BCUT2D eigenvalue weighted by molar-refractivity contribution is -0.137. The first-order valence-corrected chi connectivity index (χ1v) is 9.25. The number of alkyl halides is 3. The van der Waals surface area contributed by atoms with Crippen molar-refractivity contribution in [3.63, 3.8) is 0 Å². The highest BCUT2D eigenvalue weighted by atomic mass is 19.4. The summed E-state index contributed by atoms with van der Waals surface area (Å²) < 4.78 is 43.1.